The van der Waals surface area contributed by atoms with Crippen molar-refractivity contribution >= 4 is 23.3 Å². The van der Waals surface area contributed by atoms with Crippen molar-refractivity contribution < 1.29 is 19.1 Å². The van der Waals surface area contributed by atoms with Crippen LogP contribution in [0.4, 0.5) is 5.69 Å². The van der Waals surface area contributed by atoms with Gasteiger partial charge in [0.1, 0.15) is 5.69 Å². The molecular weight excluding hydrogens is 370 g/mol. The van der Waals surface area contributed by atoms with Crippen LogP contribution in [0, 0.1) is 13.8 Å². The fourth-order valence-electron chi connectivity index (χ4n) is 3.71. The predicted octanol–water partition coefficient (Wildman–Crippen LogP) is 2.97. The third-order valence-electron chi connectivity index (χ3n) is 5.34. The molecule has 1 aromatic carbocycles. The van der Waals surface area contributed by atoms with Crippen molar-refractivity contribution in [3.8, 4) is 0 Å². The minimum atomic E-state index is -0.439. The van der Waals surface area contributed by atoms with Gasteiger partial charge in [-0.25, -0.2) is 4.79 Å². The molecule has 2 aromatic rings. The van der Waals surface area contributed by atoms with E-state index in [1.54, 1.807) is 27.7 Å². The summed E-state index contributed by atoms with van der Waals surface area (Å²) in [5.41, 5.74) is 3.94. The highest BCUT2D eigenvalue weighted by Crippen LogP contribution is 2.23. The van der Waals surface area contributed by atoms with Gasteiger partial charge in [0.2, 0.25) is 0 Å². The van der Waals surface area contributed by atoms with Gasteiger partial charge in [-0.15, -0.1) is 0 Å². The van der Waals surface area contributed by atoms with Crippen LogP contribution in [-0.2, 0) is 4.74 Å². The normalized spacial score (nSPS) is 14.1. The van der Waals surface area contributed by atoms with Gasteiger partial charge in [0.05, 0.1) is 12.2 Å². The van der Waals surface area contributed by atoms with Gasteiger partial charge in [0, 0.05) is 43.1 Å². The maximum atomic E-state index is 13.1. The van der Waals surface area contributed by atoms with Gasteiger partial charge < -0.3 is 19.5 Å². The molecule has 0 spiro atoms. The van der Waals surface area contributed by atoms with E-state index in [-0.39, 0.29) is 18.3 Å². The summed E-state index contributed by atoms with van der Waals surface area (Å²) in [4.78, 5) is 43.6. The molecule has 1 saturated heterocycles. The van der Waals surface area contributed by atoms with Crippen LogP contribution >= 0.6 is 0 Å². The molecule has 1 aliphatic rings. The number of carbonyl (C=O) groups excluding carboxylic acids is 3. The largest absolute Gasteiger partial charge is 0.461 e. The molecule has 7 nitrogen and oxygen atoms in total. The van der Waals surface area contributed by atoms with Crippen LogP contribution in [0.1, 0.15) is 56.3 Å². The second kappa shape index (κ2) is 8.51. The van der Waals surface area contributed by atoms with Gasteiger partial charge in [-0.05, 0) is 57.5 Å². The van der Waals surface area contributed by atoms with Gasteiger partial charge >= 0.3 is 5.97 Å². The Morgan fingerprint density at radius 1 is 1.03 bits per heavy atom. The molecule has 0 aliphatic carbocycles. The van der Waals surface area contributed by atoms with Gasteiger partial charge in [-0.1, -0.05) is 0 Å². The number of H-pyrrole nitrogens is 1. The van der Waals surface area contributed by atoms with E-state index >= 15 is 0 Å². The van der Waals surface area contributed by atoms with Crippen molar-refractivity contribution in [1.82, 2.24) is 9.88 Å². The lowest BCUT2D eigenvalue weighted by Crippen LogP contribution is -2.49. The smallest absolute Gasteiger partial charge is 0.355 e. The van der Waals surface area contributed by atoms with Crippen molar-refractivity contribution in [3.63, 3.8) is 0 Å². The lowest BCUT2D eigenvalue weighted by atomic mass is 10.1. The minimum Gasteiger partial charge on any atom is -0.461 e. The number of hydrogen-bond acceptors (Lipinski definition) is 5. The van der Waals surface area contributed by atoms with Crippen molar-refractivity contribution in [3.05, 3.63) is 52.3 Å². The van der Waals surface area contributed by atoms with E-state index in [1.807, 2.05) is 29.2 Å². The number of aryl methyl sites for hydroxylation is 1. The highest BCUT2D eigenvalue weighted by atomic mass is 16.5. The molecule has 3 rings (SSSR count). The fraction of sp³-hybridized carbons (Fsp3) is 0.409. The lowest BCUT2D eigenvalue weighted by Gasteiger charge is -2.36. The van der Waals surface area contributed by atoms with Gasteiger partial charge in [-0.2, -0.15) is 0 Å². The van der Waals surface area contributed by atoms with Crippen LogP contribution in [0.2, 0.25) is 0 Å². The maximum Gasteiger partial charge on any atom is 0.355 e. The molecule has 0 bridgehead atoms. The number of aromatic amines is 1. The molecule has 1 aromatic heterocycles. The average molecular weight is 397 g/mol. The summed E-state index contributed by atoms with van der Waals surface area (Å²) in [6, 6.07) is 7.55. The molecule has 0 atom stereocenters. The number of anilines is 1. The molecule has 154 valence electrons. The van der Waals surface area contributed by atoms with Crippen LogP contribution in [0.15, 0.2) is 24.3 Å². The van der Waals surface area contributed by atoms with E-state index in [2.05, 4.69) is 9.88 Å². The third-order valence-corrected chi connectivity index (χ3v) is 5.34. The zero-order valence-electron chi connectivity index (χ0n) is 17.4. The second-order valence-electron chi connectivity index (χ2n) is 7.23. The van der Waals surface area contributed by atoms with Gasteiger partial charge in [-0.3, -0.25) is 9.59 Å². The third kappa shape index (κ3) is 4.18. The highest BCUT2D eigenvalue weighted by molar-refractivity contribution is 6.01. The van der Waals surface area contributed by atoms with E-state index in [0.717, 1.165) is 5.69 Å². The quantitative estimate of drug-likeness (QED) is 0.620. The van der Waals surface area contributed by atoms with E-state index in [1.165, 1.54) is 0 Å². The fourth-order valence-corrected chi connectivity index (χ4v) is 3.71. The molecule has 29 heavy (non-hydrogen) atoms. The number of ketones is 1. The van der Waals surface area contributed by atoms with E-state index < -0.39 is 5.97 Å². The first-order chi connectivity index (χ1) is 13.8. The summed E-state index contributed by atoms with van der Waals surface area (Å²) >= 11 is 0. The summed E-state index contributed by atoms with van der Waals surface area (Å²) in [7, 11) is 0. The number of rotatable bonds is 5. The number of carbonyl (C=O) groups is 3. The molecular formula is C22H27N3O4. The van der Waals surface area contributed by atoms with Crippen LogP contribution in [0.5, 0.6) is 0 Å². The zero-order valence-corrected chi connectivity index (χ0v) is 17.4. The van der Waals surface area contributed by atoms with Crippen molar-refractivity contribution in [2.75, 3.05) is 37.7 Å². The Morgan fingerprint density at radius 3 is 2.21 bits per heavy atom. The average Bonchev–Trinajstić information content (AvgIpc) is 3.02. The van der Waals surface area contributed by atoms with E-state index in [4.69, 9.17) is 4.74 Å². The summed E-state index contributed by atoms with van der Waals surface area (Å²) in [6.07, 6.45) is 0. The molecule has 0 unspecified atom stereocenters. The first kappa shape index (κ1) is 20.6. The summed E-state index contributed by atoms with van der Waals surface area (Å²) in [5.74, 6) is -0.462. The molecule has 0 saturated carbocycles. The Kier molecular flexibility index (Phi) is 6.06. The number of benzene rings is 1. The Bertz CT molecular complexity index is 922. The number of ether oxygens (including phenoxy) is 1. The number of nitrogens with one attached hydrogen (secondary N) is 1. The van der Waals surface area contributed by atoms with Crippen LogP contribution in [0.3, 0.4) is 0 Å². The van der Waals surface area contributed by atoms with E-state index in [9.17, 15) is 14.4 Å². The summed E-state index contributed by atoms with van der Waals surface area (Å²) < 4.78 is 5.07. The van der Waals surface area contributed by atoms with Gasteiger partial charge in [0.25, 0.3) is 5.91 Å². The summed E-state index contributed by atoms with van der Waals surface area (Å²) in [6.45, 7) is 9.76. The topological polar surface area (TPSA) is 82.7 Å². The zero-order chi connectivity index (χ0) is 21.1. The van der Waals surface area contributed by atoms with Crippen molar-refractivity contribution in [2.24, 2.45) is 0 Å². The van der Waals surface area contributed by atoms with E-state index in [0.29, 0.717) is 54.3 Å². The molecule has 1 amide bonds. The number of piperazine rings is 1. The first-order valence-corrected chi connectivity index (χ1v) is 9.85. The Morgan fingerprint density at radius 2 is 1.66 bits per heavy atom. The standard InChI is InChI=1S/C22H27N3O4/c1-5-29-22(28)20-14(2)19(15(3)23-20)21(27)25-12-10-24(11-13-25)18-8-6-17(7-9-18)16(4)26/h6-9,23H,5,10-13H2,1-4H3. The number of Topliss-reactive ketones (excluding diaryl/α,β-unsaturated/α-hetero) is 1. The van der Waals surface area contributed by atoms with Crippen LogP contribution in [0.25, 0.3) is 0 Å². The summed E-state index contributed by atoms with van der Waals surface area (Å²) in [5, 5.41) is 0. The Hall–Kier alpha value is -3.09. The Labute approximate surface area is 170 Å². The number of aromatic nitrogens is 1. The number of amides is 1. The van der Waals surface area contributed by atoms with Gasteiger partial charge in [0.15, 0.2) is 5.78 Å². The van der Waals surface area contributed by atoms with Crippen molar-refractivity contribution in [1.29, 1.82) is 0 Å². The Balaban J connectivity index is 1.69. The van der Waals surface area contributed by atoms with Crippen molar-refractivity contribution in [2.45, 2.75) is 27.7 Å². The molecule has 1 fully saturated rings. The molecule has 1 aliphatic heterocycles. The SMILES string of the molecule is CCOC(=O)c1[nH]c(C)c(C(=O)N2CCN(c3ccc(C(C)=O)cc3)CC2)c1C. The monoisotopic (exact) mass is 397 g/mol. The lowest BCUT2D eigenvalue weighted by molar-refractivity contribution is 0.0519. The van der Waals surface area contributed by atoms with Crippen LogP contribution in [-0.4, -0.2) is 60.3 Å². The number of hydrogen-bond donors (Lipinski definition) is 1. The predicted molar refractivity (Wildman–Crippen MR) is 111 cm³/mol. The maximum absolute atomic E-state index is 13.1. The highest BCUT2D eigenvalue weighted by Gasteiger charge is 2.28. The molecule has 1 N–H and O–H groups in total. The number of nitrogens with zero attached hydrogens (tertiary/aromatic N) is 2. The molecule has 0 radical (unpaired) electrons. The molecule has 2 heterocycles. The second-order valence-corrected chi connectivity index (χ2v) is 7.23. The minimum absolute atomic E-state index is 0.0476. The first-order valence-electron chi connectivity index (χ1n) is 9.85. The number of esters is 1. The molecule has 7 heteroatoms. The van der Waals surface area contributed by atoms with Crippen LogP contribution < -0.4 is 4.90 Å².